The van der Waals surface area contributed by atoms with Crippen molar-refractivity contribution in [1.82, 2.24) is 0 Å². The topological polar surface area (TPSA) is 60.2 Å². The molecule has 0 aromatic heterocycles. The molecule has 0 aliphatic carbocycles. The van der Waals surface area contributed by atoms with Crippen LogP contribution in [0.25, 0.3) is 0 Å². The van der Waals surface area contributed by atoms with Gasteiger partial charge in [0.15, 0.2) is 0 Å². The molecule has 0 unspecified atom stereocenters. The van der Waals surface area contributed by atoms with Crippen molar-refractivity contribution in [3.05, 3.63) is 29.6 Å². The van der Waals surface area contributed by atoms with Crippen molar-refractivity contribution in [3.63, 3.8) is 0 Å². The third-order valence-corrected chi connectivity index (χ3v) is 3.58. The minimum atomic E-state index is -5.69. The normalized spacial score (nSPS) is 13.9. The van der Waals surface area contributed by atoms with Gasteiger partial charge < -0.3 is 5.73 Å². The number of alkyl halides is 3. The quantitative estimate of drug-likeness (QED) is 0.854. The van der Waals surface area contributed by atoms with Gasteiger partial charge in [-0.3, -0.25) is 0 Å². The molecule has 3 nitrogen and oxygen atoms in total. The van der Waals surface area contributed by atoms with Crippen LogP contribution >= 0.6 is 12.4 Å². The molecule has 0 saturated carbocycles. The minimum Gasteiger partial charge on any atom is -0.324 e. The highest BCUT2D eigenvalue weighted by Gasteiger charge is 2.48. The summed E-state index contributed by atoms with van der Waals surface area (Å²) in [6.45, 7) is 1.34. The highest BCUT2D eigenvalue weighted by molar-refractivity contribution is 7.92. The molecule has 104 valence electrons. The van der Waals surface area contributed by atoms with Gasteiger partial charge in [-0.2, -0.15) is 13.2 Å². The Bertz CT molecular complexity index is 528. The second-order valence-electron chi connectivity index (χ2n) is 3.40. The van der Waals surface area contributed by atoms with Gasteiger partial charge >= 0.3 is 5.51 Å². The van der Waals surface area contributed by atoms with Gasteiger partial charge in [0, 0.05) is 11.6 Å². The van der Waals surface area contributed by atoms with Gasteiger partial charge in [-0.15, -0.1) is 12.4 Å². The van der Waals surface area contributed by atoms with E-state index in [1.165, 1.54) is 6.92 Å². The van der Waals surface area contributed by atoms with Gasteiger partial charge in [-0.1, -0.05) is 12.1 Å². The van der Waals surface area contributed by atoms with Crippen LogP contribution in [0.1, 0.15) is 18.5 Å². The lowest BCUT2D eigenvalue weighted by atomic mass is 10.1. The lowest BCUT2D eigenvalue weighted by molar-refractivity contribution is -0.0437. The predicted molar refractivity (Wildman–Crippen MR) is 59.5 cm³/mol. The maximum absolute atomic E-state index is 13.6. The highest BCUT2D eigenvalue weighted by atomic mass is 35.5. The molecule has 0 heterocycles. The van der Waals surface area contributed by atoms with E-state index < -0.39 is 32.1 Å². The molecular formula is C9H10ClF4NO2S. The molecule has 0 bridgehead atoms. The summed E-state index contributed by atoms with van der Waals surface area (Å²) in [5.74, 6) is -1.46. The molecule has 1 aromatic rings. The fourth-order valence-corrected chi connectivity index (χ4v) is 2.07. The van der Waals surface area contributed by atoms with Crippen LogP contribution in [-0.2, 0) is 9.84 Å². The van der Waals surface area contributed by atoms with E-state index in [9.17, 15) is 26.0 Å². The highest BCUT2D eigenvalue weighted by Crippen LogP contribution is 2.33. The molecule has 0 amide bonds. The molecule has 9 heteroatoms. The number of sulfone groups is 1. The summed E-state index contributed by atoms with van der Waals surface area (Å²) in [6.07, 6.45) is 0. The van der Waals surface area contributed by atoms with Crippen molar-refractivity contribution in [1.29, 1.82) is 0 Å². The van der Waals surface area contributed by atoms with E-state index in [1.807, 2.05) is 0 Å². The molecule has 1 rings (SSSR count). The minimum absolute atomic E-state index is 0. The third kappa shape index (κ3) is 2.93. The second kappa shape index (κ2) is 5.41. The molecule has 1 atom stereocenters. The van der Waals surface area contributed by atoms with Crippen LogP contribution in [0.3, 0.4) is 0 Å². The van der Waals surface area contributed by atoms with Crippen molar-refractivity contribution in [2.75, 3.05) is 0 Å². The van der Waals surface area contributed by atoms with Gasteiger partial charge in [0.1, 0.15) is 10.7 Å². The summed E-state index contributed by atoms with van der Waals surface area (Å²) in [6, 6.07) is 1.80. The van der Waals surface area contributed by atoms with Gasteiger partial charge in [-0.05, 0) is 13.0 Å². The van der Waals surface area contributed by atoms with Crippen molar-refractivity contribution in [2.45, 2.75) is 23.4 Å². The number of nitrogens with two attached hydrogens (primary N) is 1. The zero-order valence-corrected chi connectivity index (χ0v) is 10.7. The van der Waals surface area contributed by atoms with E-state index in [0.717, 1.165) is 12.1 Å². The average molecular weight is 308 g/mol. The van der Waals surface area contributed by atoms with E-state index in [1.54, 1.807) is 0 Å². The van der Waals surface area contributed by atoms with Crippen molar-refractivity contribution in [3.8, 4) is 0 Å². The van der Waals surface area contributed by atoms with E-state index in [0.29, 0.717) is 6.07 Å². The Morgan fingerprint density at radius 2 is 1.78 bits per heavy atom. The van der Waals surface area contributed by atoms with Crippen LogP contribution in [0, 0.1) is 5.82 Å². The van der Waals surface area contributed by atoms with Gasteiger partial charge in [-0.25, -0.2) is 12.8 Å². The molecular weight excluding hydrogens is 298 g/mol. The summed E-state index contributed by atoms with van der Waals surface area (Å²) >= 11 is 0. The monoisotopic (exact) mass is 307 g/mol. The number of halogens is 5. The Morgan fingerprint density at radius 3 is 2.17 bits per heavy atom. The smallest absolute Gasteiger partial charge is 0.324 e. The predicted octanol–water partition coefficient (Wildman–Crippen LogP) is 2.56. The Labute approximate surface area is 107 Å². The molecule has 0 radical (unpaired) electrons. The lowest BCUT2D eigenvalue weighted by Crippen LogP contribution is -2.25. The van der Waals surface area contributed by atoms with Crippen molar-refractivity contribution < 1.29 is 26.0 Å². The lowest BCUT2D eigenvalue weighted by Gasteiger charge is -2.12. The van der Waals surface area contributed by atoms with E-state index in [2.05, 4.69) is 0 Å². The Morgan fingerprint density at radius 1 is 1.28 bits per heavy atom. The van der Waals surface area contributed by atoms with Gasteiger partial charge in [0.2, 0.25) is 0 Å². The van der Waals surface area contributed by atoms with E-state index in [-0.39, 0.29) is 18.0 Å². The summed E-state index contributed by atoms with van der Waals surface area (Å²) in [5.41, 5.74) is -0.500. The zero-order chi connectivity index (χ0) is 13.4. The standard InChI is InChI=1S/C9H9F4NO2S.ClH/c1-5(14)6-3-2-4-7(8(6)10)17(15,16)9(11,12)13;/h2-5H,14H2,1H3;1H/t5-;/m1./s1. The molecule has 0 saturated heterocycles. The number of benzene rings is 1. The number of rotatable bonds is 2. The zero-order valence-electron chi connectivity index (χ0n) is 9.03. The Hall–Kier alpha value is -0.860. The Balaban J connectivity index is 0.00000289. The van der Waals surface area contributed by atoms with E-state index in [4.69, 9.17) is 5.73 Å². The first-order chi connectivity index (χ1) is 7.59. The maximum Gasteiger partial charge on any atom is 0.502 e. The largest absolute Gasteiger partial charge is 0.502 e. The number of hydrogen-bond donors (Lipinski definition) is 1. The maximum atomic E-state index is 13.6. The van der Waals surface area contributed by atoms with Crippen molar-refractivity contribution in [2.24, 2.45) is 5.73 Å². The van der Waals surface area contributed by atoms with Crippen LogP contribution < -0.4 is 5.73 Å². The van der Waals surface area contributed by atoms with Gasteiger partial charge in [0.05, 0.1) is 0 Å². The van der Waals surface area contributed by atoms with Crippen LogP contribution in [0.15, 0.2) is 23.1 Å². The first-order valence-electron chi connectivity index (χ1n) is 4.44. The fraction of sp³-hybridized carbons (Fsp3) is 0.333. The van der Waals surface area contributed by atoms with Crippen molar-refractivity contribution >= 4 is 22.2 Å². The molecule has 0 spiro atoms. The second-order valence-corrected chi connectivity index (χ2v) is 5.31. The first kappa shape index (κ1) is 17.1. The fourth-order valence-electron chi connectivity index (χ4n) is 1.21. The summed E-state index contributed by atoms with van der Waals surface area (Å²) < 4.78 is 72.4. The summed E-state index contributed by atoms with van der Waals surface area (Å²) in [5, 5.41) is 0. The summed E-state index contributed by atoms with van der Waals surface area (Å²) in [7, 11) is -5.69. The Kier molecular flexibility index (Phi) is 5.16. The molecule has 2 N–H and O–H groups in total. The average Bonchev–Trinajstić information content (AvgIpc) is 2.15. The molecule has 0 fully saturated rings. The van der Waals surface area contributed by atoms with E-state index >= 15 is 0 Å². The SMILES string of the molecule is C[C@@H](N)c1cccc(S(=O)(=O)C(F)(F)F)c1F.Cl. The van der Waals surface area contributed by atoms with Crippen LogP contribution in [-0.4, -0.2) is 13.9 Å². The molecule has 18 heavy (non-hydrogen) atoms. The van der Waals surface area contributed by atoms with Crippen LogP contribution in [0.4, 0.5) is 17.6 Å². The molecule has 1 aromatic carbocycles. The van der Waals surface area contributed by atoms with Crippen LogP contribution in [0.2, 0.25) is 0 Å². The molecule has 0 aliphatic rings. The molecule has 0 aliphatic heterocycles. The van der Waals surface area contributed by atoms with Crippen LogP contribution in [0.5, 0.6) is 0 Å². The van der Waals surface area contributed by atoms with Gasteiger partial charge in [0.25, 0.3) is 9.84 Å². The number of hydrogen-bond acceptors (Lipinski definition) is 3. The third-order valence-electron chi connectivity index (χ3n) is 2.08. The summed E-state index contributed by atoms with van der Waals surface area (Å²) in [4.78, 5) is -1.40. The first-order valence-corrected chi connectivity index (χ1v) is 5.92.